The van der Waals surface area contributed by atoms with E-state index in [-0.39, 0.29) is 34.1 Å². The number of benzene rings is 3. The van der Waals surface area contributed by atoms with Gasteiger partial charge in [-0.2, -0.15) is 0 Å². The number of carbonyl (C=O) groups excluding carboxylic acids is 2. The molecule has 0 fully saturated rings. The molecule has 4 rings (SSSR count). The summed E-state index contributed by atoms with van der Waals surface area (Å²) in [5.41, 5.74) is -0.692. The van der Waals surface area contributed by atoms with E-state index >= 15 is 0 Å². The number of carbonyl (C=O) groups is 2. The van der Waals surface area contributed by atoms with Crippen molar-refractivity contribution in [3.05, 3.63) is 92.0 Å². The SMILES string of the molecule is O=C1c2ccc(Oc3ccc([N+](=O)[O-])cc3[N+](=O)[O-])cc2C(=O)N1c1ccc(O)cc1. The standard InChI is InChI=1S/C20H11N3O8/c24-13-4-1-11(2-5-13)21-19(25)15-7-6-14(10-16(15)20(21)26)31-18-8-3-12(22(27)28)9-17(18)23(29)30/h1-10,24H. The van der Waals surface area contributed by atoms with Gasteiger partial charge < -0.3 is 9.84 Å². The summed E-state index contributed by atoms with van der Waals surface area (Å²) in [6.45, 7) is 0. The van der Waals surface area contributed by atoms with Gasteiger partial charge in [0.2, 0.25) is 5.75 Å². The molecule has 0 saturated heterocycles. The second-order valence-corrected chi connectivity index (χ2v) is 6.44. The summed E-state index contributed by atoms with van der Waals surface area (Å²) < 4.78 is 5.49. The van der Waals surface area contributed by atoms with E-state index < -0.39 is 33.0 Å². The molecule has 0 aromatic heterocycles. The van der Waals surface area contributed by atoms with Crippen LogP contribution in [0, 0.1) is 20.2 Å². The van der Waals surface area contributed by atoms with Crippen LogP contribution in [-0.2, 0) is 0 Å². The monoisotopic (exact) mass is 421 g/mol. The van der Waals surface area contributed by atoms with Crippen molar-refractivity contribution in [3.63, 3.8) is 0 Å². The smallest absolute Gasteiger partial charge is 0.318 e. The van der Waals surface area contributed by atoms with Gasteiger partial charge in [-0.05, 0) is 48.5 Å². The first-order chi connectivity index (χ1) is 14.8. The lowest BCUT2D eigenvalue weighted by Crippen LogP contribution is -2.29. The number of hydrogen-bond acceptors (Lipinski definition) is 8. The van der Waals surface area contributed by atoms with Crippen LogP contribution in [-0.4, -0.2) is 26.8 Å². The Bertz CT molecular complexity index is 1270. The highest BCUT2D eigenvalue weighted by Gasteiger charge is 2.37. The summed E-state index contributed by atoms with van der Waals surface area (Å²) in [5, 5.41) is 31.5. The summed E-state index contributed by atoms with van der Waals surface area (Å²) in [6, 6.07) is 12.4. The van der Waals surface area contributed by atoms with Gasteiger partial charge in [-0.1, -0.05) is 0 Å². The molecule has 1 aliphatic heterocycles. The predicted molar refractivity (Wildman–Crippen MR) is 106 cm³/mol. The van der Waals surface area contributed by atoms with Crippen LogP contribution in [0.5, 0.6) is 17.2 Å². The molecule has 0 aliphatic carbocycles. The molecule has 31 heavy (non-hydrogen) atoms. The second kappa shape index (κ2) is 7.22. The first-order valence-electron chi connectivity index (χ1n) is 8.69. The number of nitrogens with zero attached hydrogens (tertiary/aromatic N) is 3. The third kappa shape index (κ3) is 3.40. The maximum Gasteiger partial charge on any atom is 0.318 e. The van der Waals surface area contributed by atoms with Crippen LogP contribution in [0.4, 0.5) is 17.1 Å². The number of ether oxygens (including phenoxy) is 1. The summed E-state index contributed by atoms with van der Waals surface area (Å²) >= 11 is 0. The van der Waals surface area contributed by atoms with E-state index in [1.54, 1.807) is 0 Å². The van der Waals surface area contributed by atoms with E-state index in [9.17, 15) is 34.9 Å². The van der Waals surface area contributed by atoms with Gasteiger partial charge in [-0.3, -0.25) is 29.8 Å². The van der Waals surface area contributed by atoms with E-state index in [0.717, 1.165) is 23.1 Å². The molecular formula is C20H11N3O8. The summed E-state index contributed by atoms with van der Waals surface area (Å²) in [5.74, 6) is -1.46. The number of phenolic OH excluding ortho intramolecular Hbond substituents is 1. The fourth-order valence-corrected chi connectivity index (χ4v) is 3.09. The number of non-ortho nitro benzene ring substituents is 1. The van der Waals surface area contributed by atoms with Crippen molar-refractivity contribution < 1.29 is 29.3 Å². The molecule has 0 saturated carbocycles. The number of aromatic hydroxyl groups is 1. The second-order valence-electron chi connectivity index (χ2n) is 6.44. The Morgan fingerprint density at radius 2 is 1.48 bits per heavy atom. The normalized spacial score (nSPS) is 12.6. The predicted octanol–water partition coefficient (Wildman–Crippen LogP) is 3.80. The van der Waals surface area contributed by atoms with Crippen LogP contribution in [0.3, 0.4) is 0 Å². The maximum atomic E-state index is 12.8. The zero-order valence-corrected chi connectivity index (χ0v) is 15.4. The summed E-state index contributed by atoms with van der Waals surface area (Å²) in [6.07, 6.45) is 0. The van der Waals surface area contributed by atoms with E-state index in [0.29, 0.717) is 0 Å². The van der Waals surface area contributed by atoms with Crippen LogP contribution in [0.2, 0.25) is 0 Å². The molecular weight excluding hydrogens is 410 g/mol. The molecule has 3 aromatic rings. The van der Waals surface area contributed by atoms with Gasteiger partial charge in [0.1, 0.15) is 11.5 Å². The first-order valence-corrected chi connectivity index (χ1v) is 8.69. The lowest BCUT2D eigenvalue weighted by Gasteiger charge is -2.13. The quantitative estimate of drug-likeness (QED) is 0.371. The highest BCUT2D eigenvalue weighted by molar-refractivity contribution is 6.34. The van der Waals surface area contributed by atoms with Crippen molar-refractivity contribution in [2.24, 2.45) is 0 Å². The highest BCUT2D eigenvalue weighted by atomic mass is 16.6. The number of phenols is 1. The minimum Gasteiger partial charge on any atom is -0.508 e. The topological polar surface area (TPSA) is 153 Å². The van der Waals surface area contributed by atoms with Crippen LogP contribution in [0.15, 0.2) is 60.7 Å². The van der Waals surface area contributed by atoms with Gasteiger partial charge in [-0.15, -0.1) is 0 Å². The molecule has 0 bridgehead atoms. The Kier molecular flexibility index (Phi) is 4.55. The Balaban J connectivity index is 1.68. The van der Waals surface area contributed by atoms with Gasteiger partial charge in [0.15, 0.2) is 0 Å². The van der Waals surface area contributed by atoms with E-state index in [2.05, 4.69) is 0 Å². The Labute approximate surface area is 173 Å². The molecule has 11 nitrogen and oxygen atoms in total. The summed E-state index contributed by atoms with van der Waals surface area (Å²) in [4.78, 5) is 46.9. The average Bonchev–Trinajstić information content (AvgIpc) is 2.98. The average molecular weight is 421 g/mol. The first kappa shape index (κ1) is 19.5. The van der Waals surface area contributed by atoms with Crippen molar-refractivity contribution in [1.82, 2.24) is 0 Å². The molecule has 1 heterocycles. The molecule has 1 aliphatic rings. The lowest BCUT2D eigenvalue weighted by atomic mass is 10.1. The number of amides is 2. The minimum absolute atomic E-state index is 0.0271. The zero-order chi connectivity index (χ0) is 22.3. The Morgan fingerprint density at radius 3 is 2.13 bits per heavy atom. The molecule has 0 spiro atoms. The molecule has 154 valence electrons. The molecule has 1 N–H and O–H groups in total. The Morgan fingerprint density at radius 1 is 0.806 bits per heavy atom. The van der Waals surface area contributed by atoms with Gasteiger partial charge in [0.05, 0.1) is 32.7 Å². The number of rotatable bonds is 5. The van der Waals surface area contributed by atoms with E-state index in [4.69, 9.17) is 4.74 Å². The number of hydrogen-bond donors (Lipinski definition) is 1. The van der Waals surface area contributed by atoms with Crippen LogP contribution >= 0.6 is 0 Å². The lowest BCUT2D eigenvalue weighted by molar-refractivity contribution is -0.394. The summed E-state index contributed by atoms with van der Waals surface area (Å²) in [7, 11) is 0. The molecule has 0 atom stereocenters. The number of imide groups is 1. The van der Waals surface area contributed by atoms with Gasteiger partial charge in [-0.25, -0.2) is 4.90 Å². The highest BCUT2D eigenvalue weighted by Crippen LogP contribution is 2.37. The largest absolute Gasteiger partial charge is 0.508 e. The third-order valence-corrected chi connectivity index (χ3v) is 4.54. The zero-order valence-electron chi connectivity index (χ0n) is 15.4. The van der Waals surface area contributed by atoms with Crippen molar-refractivity contribution in [3.8, 4) is 17.2 Å². The van der Waals surface area contributed by atoms with Crippen molar-refractivity contribution in [2.75, 3.05) is 4.90 Å². The van der Waals surface area contributed by atoms with Gasteiger partial charge in [0.25, 0.3) is 17.5 Å². The fraction of sp³-hybridized carbons (Fsp3) is 0. The van der Waals surface area contributed by atoms with Crippen molar-refractivity contribution >= 4 is 28.9 Å². The van der Waals surface area contributed by atoms with Crippen LogP contribution < -0.4 is 9.64 Å². The molecule has 3 aromatic carbocycles. The van der Waals surface area contributed by atoms with Crippen molar-refractivity contribution in [2.45, 2.75) is 0 Å². The minimum atomic E-state index is -0.822. The van der Waals surface area contributed by atoms with Gasteiger partial charge in [0, 0.05) is 6.07 Å². The van der Waals surface area contributed by atoms with E-state index in [1.807, 2.05) is 0 Å². The number of anilines is 1. The molecule has 2 amide bonds. The number of nitro groups is 2. The molecule has 11 heteroatoms. The Hall–Kier alpha value is -4.80. The number of nitro benzene ring substituents is 2. The van der Waals surface area contributed by atoms with Crippen LogP contribution in [0.1, 0.15) is 20.7 Å². The third-order valence-electron chi connectivity index (χ3n) is 4.54. The molecule has 0 radical (unpaired) electrons. The van der Waals surface area contributed by atoms with Gasteiger partial charge >= 0.3 is 5.69 Å². The van der Waals surface area contributed by atoms with Crippen LogP contribution in [0.25, 0.3) is 0 Å². The molecule has 0 unspecified atom stereocenters. The fourth-order valence-electron chi connectivity index (χ4n) is 3.09. The van der Waals surface area contributed by atoms with Crippen molar-refractivity contribution in [1.29, 1.82) is 0 Å². The van der Waals surface area contributed by atoms with E-state index in [1.165, 1.54) is 42.5 Å². The number of fused-ring (bicyclic) bond motifs is 1. The maximum absolute atomic E-state index is 12.8.